The summed E-state index contributed by atoms with van der Waals surface area (Å²) >= 11 is 0. The second-order valence-corrected chi connectivity index (χ2v) is 4.16. The maximum atomic E-state index is 11.1. The molecule has 0 unspecified atom stereocenters. The normalized spacial score (nSPS) is 22.5. The molecule has 0 aromatic heterocycles. The lowest BCUT2D eigenvalue weighted by atomic mass is 10.6. The van der Waals surface area contributed by atoms with E-state index in [1.54, 1.807) is 0 Å². The average Bonchev–Trinajstić information content (AvgIpc) is 1.95. The van der Waals surface area contributed by atoms with Gasteiger partial charge < -0.3 is 0 Å². The van der Waals surface area contributed by atoms with Crippen LogP contribution in [-0.4, -0.2) is 37.0 Å². The predicted octanol–water partition coefficient (Wildman–Crippen LogP) is -0.851. The van der Waals surface area contributed by atoms with Crippen LogP contribution >= 0.6 is 0 Å². The minimum absolute atomic E-state index is 0.525. The fraction of sp³-hybridized carbons (Fsp3) is 0.400. The highest BCUT2D eigenvalue weighted by Gasteiger charge is 2.28. The summed E-state index contributed by atoms with van der Waals surface area (Å²) in [4.78, 5) is 10.8. The summed E-state index contributed by atoms with van der Waals surface area (Å²) in [7, 11) is -0.969. The first-order chi connectivity index (χ1) is 4.96. The predicted molar refractivity (Wildman–Crippen MR) is 38.6 cm³/mol. The van der Waals surface area contributed by atoms with Crippen LogP contribution in [0.25, 0.3) is 0 Å². The van der Waals surface area contributed by atoms with E-state index >= 15 is 0 Å². The molecular formula is C5H8N2O3S. The quantitative estimate of drug-likeness (QED) is 0.483. The van der Waals surface area contributed by atoms with Crippen molar-refractivity contribution in [3.05, 3.63) is 12.3 Å². The second-order valence-electron chi connectivity index (χ2n) is 2.15. The van der Waals surface area contributed by atoms with Crippen molar-refractivity contribution in [3.8, 4) is 0 Å². The zero-order chi connectivity index (χ0) is 8.65. The molecule has 0 aromatic rings. The molecule has 6 heteroatoms. The number of carbonyl (C=O) groups excluding carboxylic acids is 1. The summed E-state index contributed by atoms with van der Waals surface area (Å²) in [6, 6.07) is 0. The first kappa shape index (κ1) is 8.06. The fourth-order valence-corrected chi connectivity index (χ4v) is 1.55. The Kier molecular flexibility index (Phi) is 1.63. The molecular weight excluding hydrogens is 168 g/mol. The van der Waals surface area contributed by atoms with Crippen LogP contribution in [0.5, 0.6) is 0 Å². The molecule has 0 aliphatic carbocycles. The second kappa shape index (κ2) is 2.23. The summed E-state index contributed by atoms with van der Waals surface area (Å²) in [6.45, 7) is 0. The number of likely N-dealkylation sites (N-methyl/N-ethyl adjacent to an activating group) is 1. The van der Waals surface area contributed by atoms with E-state index in [-0.39, 0.29) is 0 Å². The summed E-state index contributed by atoms with van der Waals surface area (Å²) < 4.78 is 23.9. The van der Waals surface area contributed by atoms with Gasteiger partial charge in [0.15, 0.2) is 0 Å². The van der Waals surface area contributed by atoms with Crippen molar-refractivity contribution >= 4 is 16.1 Å². The standard InChI is InChI=1S/C5H8N2O3S/c1-6-4-3-5(8)7(2)11(6,9)10/h3-4H,1-2H3. The molecule has 0 saturated heterocycles. The minimum Gasteiger partial charge on any atom is -0.269 e. The number of carbonyl (C=O) groups is 1. The van der Waals surface area contributed by atoms with Crippen molar-refractivity contribution in [1.82, 2.24) is 8.61 Å². The minimum atomic E-state index is -3.56. The summed E-state index contributed by atoms with van der Waals surface area (Å²) in [5.74, 6) is -0.525. The van der Waals surface area contributed by atoms with Gasteiger partial charge in [-0.1, -0.05) is 0 Å². The molecule has 0 atom stereocenters. The molecule has 0 aromatic carbocycles. The van der Waals surface area contributed by atoms with Gasteiger partial charge in [-0.2, -0.15) is 8.42 Å². The number of nitrogens with zero attached hydrogens (tertiary/aromatic N) is 2. The smallest absolute Gasteiger partial charge is 0.269 e. The summed E-state index contributed by atoms with van der Waals surface area (Å²) in [6.07, 6.45) is 2.42. The Labute approximate surface area is 65.1 Å². The molecule has 1 heterocycles. The molecule has 1 aliphatic heterocycles. The van der Waals surface area contributed by atoms with E-state index in [1.165, 1.54) is 26.4 Å². The topological polar surface area (TPSA) is 57.7 Å². The molecule has 0 bridgehead atoms. The van der Waals surface area contributed by atoms with Crippen molar-refractivity contribution in [2.45, 2.75) is 0 Å². The van der Waals surface area contributed by atoms with Gasteiger partial charge in [0.05, 0.1) is 0 Å². The maximum absolute atomic E-state index is 11.1. The van der Waals surface area contributed by atoms with Crippen LogP contribution in [-0.2, 0) is 15.0 Å². The first-order valence-corrected chi connectivity index (χ1v) is 4.30. The van der Waals surface area contributed by atoms with Gasteiger partial charge in [0.25, 0.3) is 5.91 Å². The third-order valence-electron chi connectivity index (χ3n) is 1.45. The van der Waals surface area contributed by atoms with Gasteiger partial charge in [0, 0.05) is 26.4 Å². The van der Waals surface area contributed by atoms with Crippen molar-refractivity contribution < 1.29 is 13.2 Å². The third kappa shape index (κ3) is 1.09. The van der Waals surface area contributed by atoms with Crippen LogP contribution < -0.4 is 0 Å². The summed E-state index contributed by atoms with van der Waals surface area (Å²) in [5.41, 5.74) is 0. The van der Waals surface area contributed by atoms with E-state index in [1.807, 2.05) is 0 Å². The van der Waals surface area contributed by atoms with Crippen LogP contribution in [0.15, 0.2) is 12.3 Å². The van der Waals surface area contributed by atoms with Crippen LogP contribution in [0.3, 0.4) is 0 Å². The molecule has 5 nitrogen and oxygen atoms in total. The van der Waals surface area contributed by atoms with Gasteiger partial charge in [-0.25, -0.2) is 4.31 Å². The molecule has 0 radical (unpaired) electrons. The highest BCUT2D eigenvalue weighted by atomic mass is 32.2. The Bertz CT molecular complexity index is 306. The van der Waals surface area contributed by atoms with Crippen molar-refractivity contribution in [2.24, 2.45) is 0 Å². The summed E-state index contributed by atoms with van der Waals surface area (Å²) in [5, 5.41) is 0. The molecule has 1 rings (SSSR count). The van der Waals surface area contributed by atoms with Gasteiger partial charge in [-0.05, 0) is 0 Å². The number of hydrogen-bond acceptors (Lipinski definition) is 3. The van der Waals surface area contributed by atoms with Gasteiger partial charge in [-0.15, -0.1) is 0 Å². The zero-order valence-corrected chi connectivity index (χ0v) is 7.00. The molecule has 0 spiro atoms. The van der Waals surface area contributed by atoms with Crippen molar-refractivity contribution in [3.63, 3.8) is 0 Å². The number of amides is 1. The van der Waals surface area contributed by atoms with Gasteiger partial charge in [0.2, 0.25) is 0 Å². The van der Waals surface area contributed by atoms with Gasteiger partial charge >= 0.3 is 10.2 Å². The van der Waals surface area contributed by atoms with Crippen LogP contribution in [0.4, 0.5) is 0 Å². The average molecular weight is 176 g/mol. The largest absolute Gasteiger partial charge is 0.327 e. The molecule has 11 heavy (non-hydrogen) atoms. The zero-order valence-electron chi connectivity index (χ0n) is 6.18. The molecule has 62 valence electrons. The monoisotopic (exact) mass is 176 g/mol. The Balaban J connectivity index is 3.18. The number of hydrogen-bond donors (Lipinski definition) is 0. The molecule has 1 aliphatic rings. The maximum Gasteiger partial charge on any atom is 0.327 e. The molecule has 0 N–H and O–H groups in total. The van der Waals surface area contributed by atoms with Crippen LogP contribution in [0, 0.1) is 0 Å². The molecule has 0 saturated carbocycles. The van der Waals surface area contributed by atoms with E-state index in [4.69, 9.17) is 0 Å². The van der Waals surface area contributed by atoms with E-state index in [0.717, 1.165) is 4.31 Å². The third-order valence-corrected chi connectivity index (χ3v) is 3.17. The Morgan fingerprint density at radius 3 is 2.36 bits per heavy atom. The Hall–Kier alpha value is -1.04. The lowest BCUT2D eigenvalue weighted by Crippen LogP contribution is -2.43. The highest BCUT2D eigenvalue weighted by Crippen LogP contribution is 2.09. The Morgan fingerprint density at radius 2 is 1.91 bits per heavy atom. The van der Waals surface area contributed by atoms with E-state index in [0.29, 0.717) is 4.31 Å². The SMILES string of the molecule is CN1C=CC(=O)N(C)S1(=O)=O. The molecule has 1 amide bonds. The lowest BCUT2D eigenvalue weighted by molar-refractivity contribution is -0.121. The van der Waals surface area contributed by atoms with Crippen molar-refractivity contribution in [1.29, 1.82) is 0 Å². The van der Waals surface area contributed by atoms with Gasteiger partial charge in [0.1, 0.15) is 0 Å². The van der Waals surface area contributed by atoms with E-state index in [2.05, 4.69) is 0 Å². The Morgan fingerprint density at radius 1 is 1.36 bits per heavy atom. The van der Waals surface area contributed by atoms with E-state index in [9.17, 15) is 13.2 Å². The van der Waals surface area contributed by atoms with E-state index < -0.39 is 16.1 Å². The van der Waals surface area contributed by atoms with Gasteiger partial charge in [-0.3, -0.25) is 9.10 Å². The molecule has 0 fully saturated rings. The van der Waals surface area contributed by atoms with Crippen molar-refractivity contribution in [2.75, 3.05) is 14.1 Å². The fourth-order valence-electron chi connectivity index (χ4n) is 0.657. The lowest BCUT2D eigenvalue weighted by Gasteiger charge is -2.25. The first-order valence-electron chi connectivity index (χ1n) is 2.90. The van der Waals surface area contributed by atoms with Crippen LogP contribution in [0.2, 0.25) is 0 Å². The van der Waals surface area contributed by atoms with Crippen LogP contribution in [0.1, 0.15) is 0 Å². The highest BCUT2D eigenvalue weighted by molar-refractivity contribution is 7.87. The number of rotatable bonds is 0.